The Morgan fingerprint density at radius 2 is 1.02 bits per heavy atom. The highest BCUT2D eigenvalue weighted by molar-refractivity contribution is 5.98. The summed E-state index contributed by atoms with van der Waals surface area (Å²) in [4.78, 5) is 24.6. The Morgan fingerprint density at radius 3 is 1.45 bits per heavy atom. The van der Waals surface area contributed by atoms with Crippen LogP contribution in [0.15, 0.2) is 24.3 Å². The van der Waals surface area contributed by atoms with Crippen LogP contribution in [0.5, 0.6) is 0 Å². The van der Waals surface area contributed by atoms with E-state index < -0.39 is 0 Å². The third kappa shape index (κ3) is 3.55. The van der Waals surface area contributed by atoms with Crippen LogP contribution < -0.4 is 0 Å². The van der Waals surface area contributed by atoms with Crippen molar-refractivity contribution in [3.8, 4) is 0 Å². The summed E-state index contributed by atoms with van der Waals surface area (Å²) in [5, 5.41) is 0. The lowest BCUT2D eigenvalue weighted by atomic mass is 9.45. The molecule has 16 atom stereocenters. The highest BCUT2D eigenvalue weighted by atomic mass is 16.6. The van der Waals surface area contributed by atoms with Gasteiger partial charge in [-0.1, -0.05) is 39.8 Å². The Morgan fingerprint density at radius 1 is 0.595 bits per heavy atom. The molecular weight excluding hydrogens is 520 g/mol. The molecule has 0 N–H and O–H groups in total. The van der Waals surface area contributed by atoms with Gasteiger partial charge in [0.25, 0.3) is 0 Å². The largest absolute Gasteiger partial charge is 0.370 e. The maximum Gasteiger partial charge on any atom is 0.161 e. The predicted octanol–water partition coefficient (Wildman–Crippen LogP) is 7.50. The summed E-state index contributed by atoms with van der Waals surface area (Å²) >= 11 is 0. The van der Waals surface area contributed by atoms with Crippen molar-refractivity contribution in [2.75, 3.05) is 0 Å². The van der Waals surface area contributed by atoms with Crippen molar-refractivity contribution in [1.82, 2.24) is 0 Å². The first kappa shape index (κ1) is 27.1. The number of ketones is 2. The second-order valence-corrected chi connectivity index (χ2v) is 17.8. The van der Waals surface area contributed by atoms with Gasteiger partial charge in [0.1, 0.15) is 0 Å². The first-order chi connectivity index (χ1) is 20.0. The lowest BCUT2D eigenvalue weighted by Gasteiger charge is -2.58. The summed E-state index contributed by atoms with van der Waals surface area (Å²) in [5.41, 5.74) is 0.804. The minimum absolute atomic E-state index is 0.0718. The standard InChI is InChI=1S/2C19H26O2/c2*1-18-8-7-14-12(13(18)5-6-17(18)20)4-3-11-9-15-16(21-15)10-19(11,14)2/h2*5-6,11-16H,3-4,7-10H2,1-2H3/t2*11-,12-,13-,14-,15-,16+,18-,19-/m00/s1. The third-order valence-corrected chi connectivity index (χ3v) is 16.4. The van der Waals surface area contributed by atoms with Crippen LogP contribution in [0, 0.1) is 69.0 Å². The molecule has 4 nitrogen and oxygen atoms in total. The summed E-state index contributed by atoms with van der Waals surface area (Å²) < 4.78 is 11.7. The number of hydrogen-bond acceptors (Lipinski definition) is 4. The molecule has 0 bridgehead atoms. The molecule has 2 saturated heterocycles. The molecule has 0 unspecified atom stereocenters. The number of epoxide rings is 2. The van der Waals surface area contributed by atoms with Gasteiger partial charge in [0.05, 0.1) is 24.4 Å². The fourth-order valence-corrected chi connectivity index (χ4v) is 13.6. The van der Waals surface area contributed by atoms with Gasteiger partial charge in [-0.15, -0.1) is 0 Å². The molecule has 0 aromatic rings. The van der Waals surface area contributed by atoms with E-state index in [9.17, 15) is 9.59 Å². The van der Waals surface area contributed by atoms with E-state index in [1.807, 2.05) is 12.2 Å². The zero-order chi connectivity index (χ0) is 28.8. The van der Waals surface area contributed by atoms with Crippen molar-refractivity contribution in [3.63, 3.8) is 0 Å². The minimum Gasteiger partial charge on any atom is -0.370 e. The number of fused-ring (bicyclic) bond motifs is 12. The number of carbonyl (C=O) groups excluding carboxylic acids is 2. The van der Waals surface area contributed by atoms with Crippen molar-refractivity contribution in [2.24, 2.45) is 69.0 Å². The molecule has 0 radical (unpaired) electrons. The summed E-state index contributed by atoms with van der Waals surface area (Å²) in [6.07, 6.45) is 25.9. The molecule has 2 heterocycles. The van der Waals surface area contributed by atoms with Crippen molar-refractivity contribution in [1.29, 1.82) is 0 Å². The number of rotatable bonds is 0. The quantitative estimate of drug-likeness (QED) is 0.282. The number of hydrogen-bond donors (Lipinski definition) is 0. The highest BCUT2D eigenvalue weighted by Gasteiger charge is 2.64. The van der Waals surface area contributed by atoms with Gasteiger partial charge >= 0.3 is 0 Å². The molecule has 10 rings (SSSR count). The average Bonchev–Trinajstić information content (AvgIpc) is 3.84. The molecule has 8 fully saturated rings. The second kappa shape index (κ2) is 8.71. The van der Waals surface area contributed by atoms with E-state index in [-0.39, 0.29) is 10.8 Å². The van der Waals surface area contributed by atoms with Crippen LogP contribution in [0.2, 0.25) is 0 Å². The SMILES string of the molecule is C[C@]12C[C@H]3O[C@H]3C[C@@H]1CC[C@@H]1[C@@H]2CC[C@]2(C)C(=O)C=C[C@@H]12.C[C@]12C[C@H]3O[C@H]3C[C@@H]1CC[C@@H]1[C@@H]2CC[C@]2(C)C(=O)C=C[C@@H]12. The second-order valence-electron chi connectivity index (χ2n) is 17.8. The van der Waals surface area contributed by atoms with Gasteiger partial charge in [-0.3, -0.25) is 9.59 Å². The predicted molar refractivity (Wildman–Crippen MR) is 161 cm³/mol. The van der Waals surface area contributed by atoms with Gasteiger partial charge < -0.3 is 9.47 Å². The maximum atomic E-state index is 12.3. The average molecular weight is 573 g/mol. The van der Waals surface area contributed by atoms with E-state index >= 15 is 0 Å². The van der Waals surface area contributed by atoms with E-state index in [1.54, 1.807) is 0 Å². The van der Waals surface area contributed by atoms with Crippen molar-refractivity contribution < 1.29 is 19.1 Å². The van der Waals surface area contributed by atoms with E-state index in [0.29, 0.717) is 58.6 Å². The smallest absolute Gasteiger partial charge is 0.161 e. The molecule has 10 aliphatic rings. The summed E-state index contributed by atoms with van der Waals surface area (Å²) in [6.45, 7) is 9.56. The van der Waals surface area contributed by atoms with Crippen LogP contribution in [0.25, 0.3) is 0 Å². The zero-order valence-corrected chi connectivity index (χ0v) is 26.4. The van der Waals surface area contributed by atoms with E-state index in [0.717, 1.165) is 48.3 Å². The van der Waals surface area contributed by atoms with E-state index in [1.165, 1.54) is 64.2 Å². The Kier molecular flexibility index (Phi) is 5.62. The van der Waals surface area contributed by atoms with Gasteiger partial charge in [-0.25, -0.2) is 0 Å². The van der Waals surface area contributed by atoms with Crippen LogP contribution in [0.3, 0.4) is 0 Å². The molecule has 8 aliphatic carbocycles. The van der Waals surface area contributed by atoms with Gasteiger partial charge in [-0.05, 0) is 147 Å². The Balaban J connectivity index is 0.000000119. The number of allylic oxidation sites excluding steroid dienone is 4. The van der Waals surface area contributed by atoms with Crippen molar-refractivity contribution in [3.05, 3.63) is 24.3 Å². The fraction of sp³-hybridized carbons (Fsp3) is 0.842. The zero-order valence-electron chi connectivity index (χ0n) is 26.4. The van der Waals surface area contributed by atoms with Gasteiger partial charge in [0.2, 0.25) is 0 Å². The molecule has 0 amide bonds. The topological polar surface area (TPSA) is 59.2 Å². The molecule has 4 heteroatoms. The van der Waals surface area contributed by atoms with Gasteiger partial charge in [0, 0.05) is 10.8 Å². The Hall–Kier alpha value is -1.26. The lowest BCUT2D eigenvalue weighted by Crippen LogP contribution is -2.53. The van der Waals surface area contributed by atoms with Crippen molar-refractivity contribution >= 4 is 11.6 Å². The van der Waals surface area contributed by atoms with Gasteiger partial charge in [0.15, 0.2) is 11.6 Å². The van der Waals surface area contributed by atoms with Crippen LogP contribution in [-0.4, -0.2) is 36.0 Å². The first-order valence-electron chi connectivity index (χ1n) is 17.8. The third-order valence-electron chi connectivity index (χ3n) is 16.4. The summed E-state index contributed by atoms with van der Waals surface area (Å²) in [5.74, 6) is 6.66. The summed E-state index contributed by atoms with van der Waals surface area (Å²) in [6, 6.07) is 0. The van der Waals surface area contributed by atoms with E-state index in [4.69, 9.17) is 9.47 Å². The maximum absolute atomic E-state index is 12.3. The lowest BCUT2D eigenvalue weighted by molar-refractivity contribution is -0.136. The van der Waals surface area contributed by atoms with Crippen LogP contribution in [0.4, 0.5) is 0 Å². The van der Waals surface area contributed by atoms with Crippen LogP contribution in [-0.2, 0) is 19.1 Å². The molecule has 228 valence electrons. The monoisotopic (exact) mass is 572 g/mol. The highest BCUT2D eigenvalue weighted by Crippen LogP contribution is 2.68. The molecular formula is C38H52O4. The molecule has 0 aromatic heterocycles. The Labute approximate surface area is 252 Å². The molecule has 2 aliphatic heterocycles. The molecule has 42 heavy (non-hydrogen) atoms. The number of carbonyl (C=O) groups is 2. The van der Waals surface area contributed by atoms with Crippen molar-refractivity contribution in [2.45, 2.75) is 129 Å². The van der Waals surface area contributed by atoms with Crippen LogP contribution in [0.1, 0.15) is 105 Å². The normalized spacial score (nSPS) is 60.8. The number of ether oxygens (including phenoxy) is 2. The van der Waals surface area contributed by atoms with Gasteiger partial charge in [-0.2, -0.15) is 0 Å². The van der Waals surface area contributed by atoms with E-state index in [2.05, 4.69) is 39.8 Å². The Bertz CT molecular complexity index is 1170. The molecule has 6 saturated carbocycles. The summed E-state index contributed by atoms with van der Waals surface area (Å²) in [7, 11) is 0. The fourth-order valence-electron chi connectivity index (χ4n) is 13.6. The molecule has 0 spiro atoms. The molecule has 0 aromatic carbocycles. The minimum atomic E-state index is -0.0718. The van der Waals surface area contributed by atoms with Crippen LogP contribution >= 0.6 is 0 Å². The first-order valence-corrected chi connectivity index (χ1v) is 17.8.